The van der Waals surface area contributed by atoms with Gasteiger partial charge >= 0.3 is 5.97 Å². The Bertz CT molecular complexity index is 1060. The number of benzene rings is 1. The summed E-state index contributed by atoms with van der Waals surface area (Å²) >= 11 is 1.01. The maximum absolute atomic E-state index is 11.6. The third-order valence-electron chi connectivity index (χ3n) is 3.59. The Kier molecular flexibility index (Phi) is 4.10. The zero-order valence-corrected chi connectivity index (χ0v) is 14.6. The molecule has 0 amide bonds. The minimum Gasteiger partial charge on any atom is -0.478 e. The number of nitrogens with zero attached hydrogens (tertiary/aromatic N) is 2. The molecule has 6 nitrogen and oxygen atoms in total. The average molecular weight is 362 g/mol. The predicted octanol–water partition coefficient (Wildman–Crippen LogP) is 3.02. The maximum atomic E-state index is 11.6. The van der Waals surface area contributed by atoms with E-state index in [2.05, 4.69) is 9.97 Å². The minimum absolute atomic E-state index is 0.0251. The van der Waals surface area contributed by atoms with Gasteiger partial charge in [-0.15, -0.1) is 0 Å². The van der Waals surface area contributed by atoms with Gasteiger partial charge in [0.25, 0.3) is 0 Å². The van der Waals surface area contributed by atoms with Crippen LogP contribution in [-0.4, -0.2) is 35.7 Å². The number of rotatable bonds is 4. The molecular weight excluding hydrogens is 348 g/mol. The maximum Gasteiger partial charge on any atom is 0.335 e. The van der Waals surface area contributed by atoms with Crippen LogP contribution < -0.4 is 0 Å². The Morgan fingerprint density at radius 1 is 1.21 bits per heavy atom. The van der Waals surface area contributed by atoms with E-state index in [1.165, 1.54) is 0 Å². The summed E-state index contributed by atoms with van der Waals surface area (Å²) in [6.45, 7) is 1.89. The first-order valence-corrected chi connectivity index (χ1v) is 9.85. The summed E-state index contributed by atoms with van der Waals surface area (Å²) in [5.74, 6) is -0.980. The second-order valence-electron chi connectivity index (χ2n) is 5.26. The van der Waals surface area contributed by atoms with Crippen molar-refractivity contribution in [3.63, 3.8) is 0 Å². The smallest absolute Gasteiger partial charge is 0.335 e. The van der Waals surface area contributed by atoms with Crippen LogP contribution in [0.25, 0.3) is 21.6 Å². The van der Waals surface area contributed by atoms with E-state index in [-0.39, 0.29) is 9.90 Å². The van der Waals surface area contributed by atoms with Gasteiger partial charge in [-0.05, 0) is 30.2 Å². The van der Waals surface area contributed by atoms with Gasteiger partial charge in [0.1, 0.15) is 10.3 Å². The number of aromatic carboxylic acids is 1. The molecule has 0 radical (unpaired) electrons. The van der Waals surface area contributed by atoms with Gasteiger partial charge in [0, 0.05) is 11.8 Å². The van der Waals surface area contributed by atoms with Gasteiger partial charge in [-0.2, -0.15) is 0 Å². The molecule has 0 atom stereocenters. The monoisotopic (exact) mass is 362 g/mol. The van der Waals surface area contributed by atoms with E-state index in [4.69, 9.17) is 0 Å². The van der Waals surface area contributed by atoms with Gasteiger partial charge in [0.2, 0.25) is 14.2 Å². The first-order chi connectivity index (χ1) is 11.3. The van der Waals surface area contributed by atoms with Crippen LogP contribution in [0, 0.1) is 0 Å². The van der Waals surface area contributed by atoms with Crippen LogP contribution in [0.3, 0.4) is 0 Å². The van der Waals surface area contributed by atoms with Crippen molar-refractivity contribution in [2.45, 2.75) is 17.7 Å². The molecule has 0 saturated carbocycles. The summed E-state index contributed by atoms with van der Waals surface area (Å²) in [6, 6.07) is 8.50. The molecule has 0 fully saturated rings. The summed E-state index contributed by atoms with van der Waals surface area (Å²) < 4.78 is 23.3. The van der Waals surface area contributed by atoms with Crippen molar-refractivity contribution in [3.05, 3.63) is 41.5 Å². The van der Waals surface area contributed by atoms with Crippen molar-refractivity contribution in [2.24, 2.45) is 0 Å². The second-order valence-corrected chi connectivity index (χ2v) is 8.43. The molecule has 124 valence electrons. The van der Waals surface area contributed by atoms with Crippen molar-refractivity contribution < 1.29 is 18.3 Å². The largest absolute Gasteiger partial charge is 0.478 e. The predicted molar refractivity (Wildman–Crippen MR) is 92.3 cm³/mol. The number of carbonyl (C=O) groups is 1. The van der Waals surface area contributed by atoms with Gasteiger partial charge in [0.05, 0.1) is 11.3 Å². The molecule has 2 heterocycles. The Balaban J connectivity index is 2.20. The lowest BCUT2D eigenvalue weighted by Gasteiger charge is -2.10. The number of aromatic nitrogens is 2. The van der Waals surface area contributed by atoms with Crippen LogP contribution in [0.2, 0.25) is 0 Å². The zero-order valence-electron chi connectivity index (χ0n) is 13.0. The van der Waals surface area contributed by atoms with Crippen LogP contribution in [0.5, 0.6) is 0 Å². The van der Waals surface area contributed by atoms with E-state index in [1.807, 2.05) is 13.0 Å². The van der Waals surface area contributed by atoms with Crippen LogP contribution in [0.15, 0.2) is 34.7 Å². The fourth-order valence-corrected chi connectivity index (χ4v) is 4.29. The molecule has 0 aliphatic carbocycles. The highest BCUT2D eigenvalue weighted by Gasteiger charge is 2.17. The van der Waals surface area contributed by atoms with E-state index in [0.717, 1.165) is 23.2 Å². The molecule has 1 aromatic carbocycles. The minimum atomic E-state index is -3.38. The van der Waals surface area contributed by atoms with E-state index < -0.39 is 15.8 Å². The van der Waals surface area contributed by atoms with Crippen molar-refractivity contribution in [1.29, 1.82) is 0 Å². The third kappa shape index (κ3) is 2.90. The van der Waals surface area contributed by atoms with Gasteiger partial charge in [-0.3, -0.25) is 0 Å². The number of carboxylic acid groups (broad SMARTS) is 1. The quantitative estimate of drug-likeness (QED) is 0.766. The lowest BCUT2D eigenvalue weighted by atomic mass is 9.96. The van der Waals surface area contributed by atoms with Crippen LogP contribution in [-0.2, 0) is 16.3 Å². The summed E-state index contributed by atoms with van der Waals surface area (Å²) in [7, 11) is -3.38. The zero-order chi connectivity index (χ0) is 17.5. The number of hydrogen-bond donors (Lipinski definition) is 1. The summed E-state index contributed by atoms with van der Waals surface area (Å²) in [5, 5.41) is 9.34. The lowest BCUT2D eigenvalue weighted by molar-refractivity contribution is 0.0696. The van der Waals surface area contributed by atoms with E-state index in [1.54, 1.807) is 24.3 Å². The molecular formula is C16H14N2O4S2. The number of carboxylic acids is 1. The summed E-state index contributed by atoms with van der Waals surface area (Å²) in [5.41, 5.74) is 2.79. The van der Waals surface area contributed by atoms with Crippen LogP contribution in [0.4, 0.5) is 0 Å². The summed E-state index contributed by atoms with van der Waals surface area (Å²) in [4.78, 5) is 20.5. The third-order valence-corrected chi connectivity index (χ3v) is 6.23. The van der Waals surface area contributed by atoms with Crippen LogP contribution in [0.1, 0.15) is 22.8 Å². The Morgan fingerprint density at radius 2 is 1.96 bits per heavy atom. The van der Waals surface area contributed by atoms with Gasteiger partial charge in [-0.1, -0.05) is 30.4 Å². The number of pyridine rings is 1. The topological polar surface area (TPSA) is 97.2 Å². The first-order valence-electron chi connectivity index (χ1n) is 7.14. The molecule has 2 aromatic heterocycles. The van der Waals surface area contributed by atoms with Crippen molar-refractivity contribution in [2.75, 3.05) is 6.26 Å². The van der Waals surface area contributed by atoms with E-state index in [9.17, 15) is 18.3 Å². The molecule has 24 heavy (non-hydrogen) atoms. The van der Waals surface area contributed by atoms with Crippen molar-refractivity contribution >= 4 is 37.5 Å². The lowest BCUT2D eigenvalue weighted by Crippen LogP contribution is -2.03. The molecule has 0 saturated heterocycles. The molecule has 0 aliphatic heterocycles. The molecule has 3 aromatic rings. The Morgan fingerprint density at radius 3 is 2.58 bits per heavy atom. The standard InChI is InChI=1S/C16H14N2O4S2/c1-3-9-10(5-4-6-11(9)15(19)20)12-7-8-13-14(17-12)23-16(18-13)24(2,21)22/h4-8H,3H2,1-2H3,(H,19,20). The SMILES string of the molecule is CCc1c(C(=O)O)cccc1-c1ccc2nc(S(C)(=O)=O)sc2n1. The van der Waals surface area contributed by atoms with E-state index >= 15 is 0 Å². The average Bonchev–Trinajstić information content (AvgIpc) is 2.97. The van der Waals surface area contributed by atoms with Crippen molar-refractivity contribution in [3.8, 4) is 11.3 Å². The highest BCUT2D eigenvalue weighted by Crippen LogP contribution is 2.30. The Labute approximate surface area is 142 Å². The molecule has 1 N–H and O–H groups in total. The molecule has 0 bridgehead atoms. The number of sulfone groups is 1. The normalized spacial score (nSPS) is 11.8. The fraction of sp³-hybridized carbons (Fsp3) is 0.188. The van der Waals surface area contributed by atoms with Gasteiger partial charge in [-0.25, -0.2) is 23.2 Å². The van der Waals surface area contributed by atoms with Crippen molar-refractivity contribution in [1.82, 2.24) is 9.97 Å². The van der Waals surface area contributed by atoms with Crippen LogP contribution >= 0.6 is 11.3 Å². The first kappa shape index (κ1) is 16.5. The molecule has 0 unspecified atom stereocenters. The highest BCUT2D eigenvalue weighted by atomic mass is 32.2. The number of fused-ring (bicyclic) bond motifs is 1. The Hall–Kier alpha value is -2.32. The summed E-state index contributed by atoms with van der Waals surface area (Å²) in [6.07, 6.45) is 1.66. The number of hydrogen-bond acceptors (Lipinski definition) is 6. The molecule has 0 aliphatic rings. The fourth-order valence-electron chi connectivity index (χ4n) is 2.51. The molecule has 3 rings (SSSR count). The molecule has 8 heteroatoms. The van der Waals surface area contributed by atoms with E-state index in [0.29, 0.717) is 28.0 Å². The van der Waals surface area contributed by atoms with Gasteiger partial charge in [0.15, 0.2) is 0 Å². The number of thiazole rings is 1. The molecule has 0 spiro atoms. The highest BCUT2D eigenvalue weighted by molar-refractivity contribution is 7.92. The van der Waals surface area contributed by atoms with Gasteiger partial charge < -0.3 is 5.11 Å². The second kappa shape index (κ2) is 5.95.